The number of carbonyl (C=O) groups is 2. The molecule has 0 unspecified atom stereocenters. The van der Waals surface area contributed by atoms with Gasteiger partial charge in [-0.2, -0.15) is 0 Å². The van der Waals surface area contributed by atoms with Gasteiger partial charge in [-0.15, -0.1) is 0 Å². The smallest absolute Gasteiger partial charge is 0.338 e. The van der Waals surface area contributed by atoms with Crippen LogP contribution in [0.25, 0.3) is 0 Å². The first kappa shape index (κ1) is 13.5. The number of hydrogen-bond donors (Lipinski definition) is 2. The van der Waals surface area contributed by atoms with Crippen molar-refractivity contribution < 1.29 is 19.1 Å². The SMILES string of the molecule is O=C(O)c1coc(C(=O)Nc2c(Cl)cccc2Cl)c1. The molecule has 0 aliphatic heterocycles. The Morgan fingerprint density at radius 3 is 2.37 bits per heavy atom. The second-order valence-corrected chi connectivity index (χ2v) is 4.37. The fourth-order valence-corrected chi connectivity index (χ4v) is 1.85. The van der Waals surface area contributed by atoms with Gasteiger partial charge >= 0.3 is 5.97 Å². The Morgan fingerprint density at radius 1 is 1.21 bits per heavy atom. The van der Waals surface area contributed by atoms with Gasteiger partial charge in [-0.05, 0) is 12.1 Å². The molecule has 2 aromatic rings. The lowest BCUT2D eigenvalue weighted by atomic mass is 10.3. The second kappa shape index (κ2) is 5.34. The molecule has 0 radical (unpaired) electrons. The zero-order valence-corrected chi connectivity index (χ0v) is 10.8. The van der Waals surface area contributed by atoms with Crippen LogP contribution in [0.5, 0.6) is 0 Å². The molecule has 19 heavy (non-hydrogen) atoms. The highest BCUT2D eigenvalue weighted by Crippen LogP contribution is 2.30. The van der Waals surface area contributed by atoms with Crippen molar-refractivity contribution in [2.45, 2.75) is 0 Å². The normalized spacial score (nSPS) is 10.2. The summed E-state index contributed by atoms with van der Waals surface area (Å²) in [4.78, 5) is 22.5. The van der Waals surface area contributed by atoms with E-state index in [4.69, 9.17) is 32.7 Å². The number of para-hydroxylation sites is 1. The quantitative estimate of drug-likeness (QED) is 0.908. The Balaban J connectivity index is 2.23. The number of furan rings is 1. The van der Waals surface area contributed by atoms with Gasteiger partial charge in [-0.3, -0.25) is 4.79 Å². The lowest BCUT2D eigenvalue weighted by Crippen LogP contribution is -2.11. The van der Waals surface area contributed by atoms with Gasteiger partial charge in [-0.25, -0.2) is 4.79 Å². The largest absolute Gasteiger partial charge is 0.478 e. The topological polar surface area (TPSA) is 79.5 Å². The zero-order chi connectivity index (χ0) is 14.0. The van der Waals surface area contributed by atoms with Crippen molar-refractivity contribution >= 4 is 40.8 Å². The molecular weight excluding hydrogens is 293 g/mol. The highest BCUT2D eigenvalue weighted by molar-refractivity contribution is 6.39. The molecule has 0 saturated heterocycles. The molecular formula is C12H7Cl2NO4. The molecule has 7 heteroatoms. The van der Waals surface area contributed by atoms with Crippen molar-refractivity contribution in [2.24, 2.45) is 0 Å². The zero-order valence-electron chi connectivity index (χ0n) is 9.31. The summed E-state index contributed by atoms with van der Waals surface area (Å²) in [6.07, 6.45) is 0.978. The van der Waals surface area contributed by atoms with Gasteiger partial charge in [0, 0.05) is 6.07 Å². The summed E-state index contributed by atoms with van der Waals surface area (Å²) in [5, 5.41) is 11.7. The number of rotatable bonds is 3. The predicted octanol–water partition coefficient (Wildman–Crippen LogP) is 3.54. The van der Waals surface area contributed by atoms with Crippen LogP contribution in [0.1, 0.15) is 20.9 Å². The maximum atomic E-state index is 11.8. The fourth-order valence-electron chi connectivity index (χ4n) is 1.36. The van der Waals surface area contributed by atoms with E-state index in [-0.39, 0.29) is 27.1 Å². The molecule has 1 amide bonds. The third-order valence-corrected chi connectivity index (χ3v) is 2.90. The van der Waals surface area contributed by atoms with Crippen LogP contribution in [0.15, 0.2) is 34.9 Å². The molecule has 0 saturated carbocycles. The number of carboxylic acids is 1. The summed E-state index contributed by atoms with van der Waals surface area (Å²) < 4.78 is 4.86. The monoisotopic (exact) mass is 299 g/mol. The van der Waals surface area contributed by atoms with E-state index in [0.717, 1.165) is 12.3 Å². The third-order valence-electron chi connectivity index (χ3n) is 2.27. The average Bonchev–Trinajstić information content (AvgIpc) is 2.83. The molecule has 1 heterocycles. The first-order valence-electron chi connectivity index (χ1n) is 5.06. The molecule has 1 aromatic carbocycles. The molecule has 2 rings (SSSR count). The standard InChI is InChI=1S/C12H7Cl2NO4/c13-7-2-1-3-8(14)10(7)15-11(16)9-4-6(5-19-9)12(17)18/h1-5H,(H,15,16)(H,17,18). The van der Waals surface area contributed by atoms with Crippen molar-refractivity contribution in [3.05, 3.63) is 51.9 Å². The van der Waals surface area contributed by atoms with Crippen molar-refractivity contribution in [3.63, 3.8) is 0 Å². The maximum Gasteiger partial charge on any atom is 0.338 e. The van der Waals surface area contributed by atoms with E-state index in [2.05, 4.69) is 5.32 Å². The van der Waals surface area contributed by atoms with E-state index in [1.54, 1.807) is 18.2 Å². The van der Waals surface area contributed by atoms with Gasteiger partial charge in [0.05, 0.1) is 21.3 Å². The maximum absolute atomic E-state index is 11.8. The Kier molecular flexibility index (Phi) is 3.78. The number of benzene rings is 1. The van der Waals surface area contributed by atoms with E-state index in [1.807, 2.05) is 0 Å². The van der Waals surface area contributed by atoms with E-state index in [1.165, 1.54) is 0 Å². The highest BCUT2D eigenvalue weighted by Gasteiger charge is 2.16. The summed E-state index contributed by atoms with van der Waals surface area (Å²) >= 11 is 11.8. The van der Waals surface area contributed by atoms with E-state index in [9.17, 15) is 9.59 Å². The minimum Gasteiger partial charge on any atom is -0.478 e. The fraction of sp³-hybridized carbons (Fsp3) is 0. The minimum atomic E-state index is -1.18. The molecule has 0 atom stereocenters. The van der Waals surface area contributed by atoms with Gasteiger partial charge in [0.15, 0.2) is 5.76 Å². The first-order valence-corrected chi connectivity index (χ1v) is 5.82. The van der Waals surface area contributed by atoms with Crippen molar-refractivity contribution in [1.82, 2.24) is 0 Å². The van der Waals surface area contributed by atoms with Crippen LogP contribution in [0.4, 0.5) is 5.69 Å². The lowest BCUT2D eigenvalue weighted by molar-refractivity contribution is 0.0696. The molecule has 0 bridgehead atoms. The molecule has 0 spiro atoms. The minimum absolute atomic E-state index is 0.115. The van der Waals surface area contributed by atoms with Crippen molar-refractivity contribution in [2.75, 3.05) is 5.32 Å². The van der Waals surface area contributed by atoms with Crippen LogP contribution in [-0.2, 0) is 0 Å². The molecule has 2 N–H and O–H groups in total. The summed E-state index contributed by atoms with van der Waals surface area (Å²) in [5.74, 6) is -1.96. The van der Waals surface area contributed by atoms with E-state index >= 15 is 0 Å². The average molecular weight is 300 g/mol. The Bertz CT molecular complexity index is 631. The van der Waals surface area contributed by atoms with Crippen molar-refractivity contribution in [1.29, 1.82) is 0 Å². The number of carboxylic acid groups (broad SMARTS) is 1. The number of amides is 1. The molecule has 0 aliphatic carbocycles. The van der Waals surface area contributed by atoms with Crippen LogP contribution < -0.4 is 5.32 Å². The first-order chi connectivity index (χ1) is 8.99. The van der Waals surface area contributed by atoms with Crippen LogP contribution in [0.3, 0.4) is 0 Å². The third kappa shape index (κ3) is 2.89. The van der Waals surface area contributed by atoms with Gasteiger partial charge in [0.2, 0.25) is 0 Å². The van der Waals surface area contributed by atoms with Crippen LogP contribution in [0.2, 0.25) is 10.0 Å². The predicted molar refractivity (Wildman–Crippen MR) is 70.1 cm³/mol. The summed E-state index contributed by atoms with van der Waals surface area (Å²) in [6, 6.07) is 5.87. The van der Waals surface area contributed by atoms with Gasteiger partial charge in [0.1, 0.15) is 6.26 Å². The Morgan fingerprint density at radius 2 is 1.84 bits per heavy atom. The second-order valence-electron chi connectivity index (χ2n) is 3.56. The number of nitrogens with one attached hydrogen (secondary N) is 1. The number of hydrogen-bond acceptors (Lipinski definition) is 3. The Labute approximate surface area is 117 Å². The molecule has 98 valence electrons. The van der Waals surface area contributed by atoms with Gasteiger partial charge in [-0.1, -0.05) is 29.3 Å². The number of anilines is 1. The summed E-state index contributed by atoms with van der Waals surface area (Å²) in [6.45, 7) is 0. The number of halogens is 2. The van der Waals surface area contributed by atoms with Crippen LogP contribution in [0, 0.1) is 0 Å². The molecule has 0 aliphatic rings. The van der Waals surface area contributed by atoms with Crippen LogP contribution >= 0.6 is 23.2 Å². The number of aromatic carboxylic acids is 1. The lowest BCUT2D eigenvalue weighted by Gasteiger charge is -2.07. The summed E-state index contributed by atoms with van der Waals surface area (Å²) in [5.41, 5.74) is 0.125. The molecule has 5 nitrogen and oxygen atoms in total. The van der Waals surface area contributed by atoms with Gasteiger partial charge < -0.3 is 14.8 Å². The molecule has 1 aromatic heterocycles. The van der Waals surface area contributed by atoms with E-state index in [0.29, 0.717) is 0 Å². The van der Waals surface area contributed by atoms with Crippen LogP contribution in [-0.4, -0.2) is 17.0 Å². The highest BCUT2D eigenvalue weighted by atomic mass is 35.5. The number of carbonyl (C=O) groups excluding carboxylic acids is 1. The Hall–Kier alpha value is -1.98. The summed E-state index contributed by atoms with van der Waals surface area (Å²) in [7, 11) is 0. The van der Waals surface area contributed by atoms with Crippen molar-refractivity contribution in [3.8, 4) is 0 Å². The van der Waals surface area contributed by atoms with E-state index < -0.39 is 11.9 Å². The molecule has 0 fully saturated rings. The van der Waals surface area contributed by atoms with Gasteiger partial charge in [0.25, 0.3) is 5.91 Å².